The maximum absolute atomic E-state index is 12.1. The molecular formula is C17H24N2O2. The molecule has 2 heterocycles. The van der Waals surface area contributed by atoms with E-state index in [0.29, 0.717) is 29.8 Å². The number of carbonyl (C=O) groups is 1. The number of nitrogens with two attached hydrogens (primary N) is 1. The van der Waals surface area contributed by atoms with Crippen molar-refractivity contribution >= 4 is 11.7 Å². The Hall–Kier alpha value is -1.55. The quantitative estimate of drug-likeness (QED) is 0.686. The van der Waals surface area contributed by atoms with Crippen molar-refractivity contribution < 1.29 is 9.53 Å². The van der Waals surface area contributed by atoms with Crippen molar-refractivity contribution in [3.05, 3.63) is 29.8 Å². The monoisotopic (exact) mass is 288 g/mol. The summed E-state index contributed by atoms with van der Waals surface area (Å²) < 4.78 is 5.55. The zero-order chi connectivity index (χ0) is 14.7. The first-order valence-corrected chi connectivity index (χ1v) is 8.01. The summed E-state index contributed by atoms with van der Waals surface area (Å²) in [5, 5.41) is 0. The van der Waals surface area contributed by atoms with E-state index < -0.39 is 0 Å². The number of anilines is 1. The number of esters is 1. The lowest BCUT2D eigenvalue weighted by atomic mass is 9.84. The van der Waals surface area contributed by atoms with Crippen LogP contribution in [0.3, 0.4) is 0 Å². The molecule has 2 aliphatic rings. The van der Waals surface area contributed by atoms with Crippen molar-refractivity contribution in [1.29, 1.82) is 0 Å². The normalized spacial score (nSPS) is 26.1. The number of nitrogen functional groups attached to an aromatic ring is 1. The summed E-state index contributed by atoms with van der Waals surface area (Å²) in [5.74, 6) is 0.235. The van der Waals surface area contributed by atoms with Crippen molar-refractivity contribution in [2.45, 2.75) is 38.1 Å². The summed E-state index contributed by atoms with van der Waals surface area (Å²) in [6, 6.07) is 7.61. The third-order valence-electron chi connectivity index (χ3n) is 4.78. The van der Waals surface area contributed by atoms with Crippen LogP contribution in [0.5, 0.6) is 0 Å². The molecule has 0 aromatic heterocycles. The lowest BCUT2D eigenvalue weighted by Gasteiger charge is -2.44. The third-order valence-corrected chi connectivity index (χ3v) is 4.78. The van der Waals surface area contributed by atoms with Gasteiger partial charge in [-0.2, -0.15) is 0 Å². The number of nitrogens with zero attached hydrogens (tertiary/aromatic N) is 1. The molecule has 0 saturated carbocycles. The van der Waals surface area contributed by atoms with Crippen LogP contribution in [0.25, 0.3) is 0 Å². The highest BCUT2D eigenvalue weighted by atomic mass is 16.5. The van der Waals surface area contributed by atoms with Gasteiger partial charge in [-0.15, -0.1) is 0 Å². The fourth-order valence-corrected chi connectivity index (χ4v) is 3.70. The largest absolute Gasteiger partial charge is 0.462 e. The van der Waals surface area contributed by atoms with Crippen LogP contribution in [-0.2, 0) is 4.74 Å². The second kappa shape index (κ2) is 6.48. The van der Waals surface area contributed by atoms with Gasteiger partial charge in [-0.3, -0.25) is 4.90 Å². The number of hydrogen-bond acceptors (Lipinski definition) is 4. The topological polar surface area (TPSA) is 55.6 Å². The molecule has 0 spiro atoms. The predicted molar refractivity (Wildman–Crippen MR) is 83.1 cm³/mol. The summed E-state index contributed by atoms with van der Waals surface area (Å²) in [5.41, 5.74) is 6.85. The van der Waals surface area contributed by atoms with Crippen molar-refractivity contribution in [3.8, 4) is 0 Å². The van der Waals surface area contributed by atoms with Crippen molar-refractivity contribution in [2.75, 3.05) is 25.4 Å². The maximum atomic E-state index is 12.1. The molecule has 4 heteroatoms. The van der Waals surface area contributed by atoms with E-state index in [1.807, 2.05) is 0 Å². The van der Waals surface area contributed by atoms with Gasteiger partial charge in [0, 0.05) is 17.6 Å². The van der Waals surface area contributed by atoms with E-state index >= 15 is 0 Å². The van der Waals surface area contributed by atoms with E-state index in [2.05, 4.69) is 4.90 Å². The number of carbonyl (C=O) groups excluding carboxylic acids is 1. The Morgan fingerprint density at radius 3 is 2.95 bits per heavy atom. The van der Waals surface area contributed by atoms with Crippen LogP contribution in [0.2, 0.25) is 0 Å². The highest BCUT2D eigenvalue weighted by Crippen LogP contribution is 2.31. The average Bonchev–Trinajstić information content (AvgIpc) is 2.52. The number of piperidine rings is 2. The van der Waals surface area contributed by atoms with Crippen molar-refractivity contribution in [1.82, 2.24) is 4.90 Å². The van der Waals surface area contributed by atoms with Gasteiger partial charge in [0.2, 0.25) is 0 Å². The van der Waals surface area contributed by atoms with Crippen LogP contribution < -0.4 is 5.73 Å². The standard InChI is InChI=1S/C17H24N2O2/c18-15-7-3-5-13(11-15)17(20)21-12-14-6-4-10-19-9-2-1-8-16(14)19/h3,5,7,11,14,16H,1-2,4,6,8-10,12,18H2/t14-,16-/m0/s1. The Bertz CT molecular complexity index is 501. The minimum absolute atomic E-state index is 0.254. The first-order valence-electron chi connectivity index (χ1n) is 8.01. The number of ether oxygens (including phenoxy) is 1. The van der Waals surface area contributed by atoms with E-state index in [9.17, 15) is 4.79 Å². The number of hydrogen-bond donors (Lipinski definition) is 1. The molecule has 0 unspecified atom stereocenters. The van der Waals surface area contributed by atoms with Gasteiger partial charge in [-0.25, -0.2) is 4.79 Å². The Morgan fingerprint density at radius 2 is 2.10 bits per heavy atom. The Morgan fingerprint density at radius 1 is 1.24 bits per heavy atom. The van der Waals surface area contributed by atoms with E-state index in [1.165, 1.54) is 45.2 Å². The molecule has 2 aliphatic heterocycles. The molecule has 2 saturated heterocycles. The molecule has 2 fully saturated rings. The van der Waals surface area contributed by atoms with E-state index in [-0.39, 0.29) is 5.97 Å². The van der Waals surface area contributed by atoms with Crippen LogP contribution >= 0.6 is 0 Å². The first-order chi connectivity index (χ1) is 10.2. The minimum atomic E-state index is -0.254. The van der Waals surface area contributed by atoms with Gasteiger partial charge in [0.15, 0.2) is 0 Å². The molecule has 1 aromatic rings. The molecule has 0 radical (unpaired) electrons. The Balaban J connectivity index is 1.57. The van der Waals surface area contributed by atoms with Crippen LogP contribution in [0, 0.1) is 5.92 Å². The number of rotatable bonds is 3. The SMILES string of the molecule is Nc1cccc(C(=O)OC[C@@H]2CCCN3CCCC[C@@H]23)c1. The van der Waals surface area contributed by atoms with E-state index in [1.54, 1.807) is 24.3 Å². The minimum Gasteiger partial charge on any atom is -0.462 e. The number of fused-ring (bicyclic) bond motifs is 1. The van der Waals surface area contributed by atoms with Gasteiger partial charge >= 0.3 is 5.97 Å². The molecule has 3 rings (SSSR count). The van der Waals surface area contributed by atoms with Crippen LogP contribution in [0.4, 0.5) is 5.69 Å². The van der Waals surface area contributed by atoms with Crippen LogP contribution in [0.1, 0.15) is 42.5 Å². The van der Waals surface area contributed by atoms with E-state index in [0.717, 1.165) is 0 Å². The summed E-state index contributed by atoms with van der Waals surface area (Å²) in [6.45, 7) is 2.96. The van der Waals surface area contributed by atoms with Crippen molar-refractivity contribution in [3.63, 3.8) is 0 Å². The lowest BCUT2D eigenvalue weighted by Crippen LogP contribution is -2.49. The molecular weight excluding hydrogens is 264 g/mol. The molecule has 4 nitrogen and oxygen atoms in total. The molecule has 114 valence electrons. The maximum Gasteiger partial charge on any atom is 0.338 e. The van der Waals surface area contributed by atoms with Gasteiger partial charge in [0.05, 0.1) is 12.2 Å². The van der Waals surface area contributed by atoms with Gasteiger partial charge in [0.1, 0.15) is 0 Å². The third kappa shape index (κ3) is 3.38. The summed E-state index contributed by atoms with van der Waals surface area (Å²) in [4.78, 5) is 14.7. The van der Waals surface area contributed by atoms with Crippen LogP contribution in [0.15, 0.2) is 24.3 Å². The van der Waals surface area contributed by atoms with Gasteiger partial charge in [0.25, 0.3) is 0 Å². The van der Waals surface area contributed by atoms with Crippen molar-refractivity contribution in [2.24, 2.45) is 5.92 Å². The fraction of sp³-hybridized carbons (Fsp3) is 0.588. The van der Waals surface area contributed by atoms with E-state index in [4.69, 9.17) is 10.5 Å². The molecule has 2 atom stereocenters. The van der Waals surface area contributed by atoms with Gasteiger partial charge < -0.3 is 10.5 Å². The molecule has 2 N–H and O–H groups in total. The van der Waals surface area contributed by atoms with Gasteiger partial charge in [-0.1, -0.05) is 12.5 Å². The summed E-state index contributed by atoms with van der Waals surface area (Å²) >= 11 is 0. The number of benzene rings is 1. The Labute approximate surface area is 126 Å². The zero-order valence-corrected chi connectivity index (χ0v) is 12.5. The highest BCUT2D eigenvalue weighted by Gasteiger charge is 2.33. The average molecular weight is 288 g/mol. The molecule has 0 bridgehead atoms. The Kier molecular flexibility index (Phi) is 4.44. The zero-order valence-electron chi connectivity index (χ0n) is 12.5. The second-order valence-corrected chi connectivity index (χ2v) is 6.23. The van der Waals surface area contributed by atoms with Gasteiger partial charge in [-0.05, 0) is 57.0 Å². The smallest absolute Gasteiger partial charge is 0.338 e. The van der Waals surface area contributed by atoms with Crippen LogP contribution in [-0.4, -0.2) is 36.6 Å². The molecule has 0 amide bonds. The molecule has 21 heavy (non-hydrogen) atoms. The fourth-order valence-electron chi connectivity index (χ4n) is 3.70. The molecule has 1 aromatic carbocycles. The predicted octanol–water partition coefficient (Wildman–Crippen LogP) is 2.69. The second-order valence-electron chi connectivity index (χ2n) is 6.23. The summed E-state index contributed by atoms with van der Waals surface area (Å²) in [6.07, 6.45) is 6.26. The first kappa shape index (κ1) is 14.4. The lowest BCUT2D eigenvalue weighted by molar-refractivity contribution is 0.00739. The highest BCUT2D eigenvalue weighted by molar-refractivity contribution is 5.90. The summed E-state index contributed by atoms with van der Waals surface area (Å²) in [7, 11) is 0. The molecule has 0 aliphatic carbocycles.